The highest BCUT2D eigenvalue weighted by Gasteiger charge is 2.11. The fourth-order valence-electron chi connectivity index (χ4n) is 1.83. The van der Waals surface area contributed by atoms with Gasteiger partial charge in [-0.3, -0.25) is 4.98 Å². The van der Waals surface area contributed by atoms with Crippen molar-refractivity contribution < 1.29 is 4.39 Å². The first-order chi connectivity index (χ1) is 8.29. The first-order valence-corrected chi connectivity index (χ1v) is 5.65. The Balaban J connectivity index is 2.13. The first kappa shape index (κ1) is 11.7. The van der Waals surface area contributed by atoms with Gasteiger partial charge in [0.15, 0.2) is 0 Å². The number of benzene rings is 1. The van der Waals surface area contributed by atoms with Gasteiger partial charge >= 0.3 is 0 Å². The quantitative estimate of drug-likeness (QED) is 0.876. The summed E-state index contributed by atoms with van der Waals surface area (Å²) in [6.45, 7) is 0.536. The summed E-state index contributed by atoms with van der Waals surface area (Å²) < 4.78 is 12.8. The summed E-state index contributed by atoms with van der Waals surface area (Å²) in [6.07, 6.45) is 2.55. The molecule has 0 spiro atoms. The van der Waals surface area contributed by atoms with Crippen molar-refractivity contribution in [1.29, 1.82) is 0 Å². The highest BCUT2D eigenvalue weighted by atomic mass is 19.1. The van der Waals surface area contributed by atoms with E-state index in [2.05, 4.69) is 4.98 Å². The van der Waals surface area contributed by atoms with Crippen LogP contribution in [-0.4, -0.2) is 11.5 Å². The van der Waals surface area contributed by atoms with Gasteiger partial charge in [0.2, 0.25) is 0 Å². The molecule has 1 atom stereocenters. The number of rotatable bonds is 4. The van der Waals surface area contributed by atoms with Gasteiger partial charge in [0.25, 0.3) is 0 Å². The average molecular weight is 230 g/mol. The number of hydrogen-bond donors (Lipinski definition) is 1. The van der Waals surface area contributed by atoms with Gasteiger partial charge in [-0.1, -0.05) is 18.2 Å². The molecular formula is C14H15FN2. The van der Waals surface area contributed by atoms with E-state index in [0.29, 0.717) is 6.54 Å². The van der Waals surface area contributed by atoms with Crippen LogP contribution in [0.15, 0.2) is 48.7 Å². The summed E-state index contributed by atoms with van der Waals surface area (Å²) in [7, 11) is 0. The van der Waals surface area contributed by atoms with Gasteiger partial charge in [0.1, 0.15) is 5.82 Å². The van der Waals surface area contributed by atoms with Crippen molar-refractivity contribution >= 4 is 0 Å². The number of hydrogen-bond acceptors (Lipinski definition) is 2. The third-order valence-corrected chi connectivity index (χ3v) is 2.79. The molecule has 0 saturated heterocycles. The number of aromatic nitrogens is 1. The van der Waals surface area contributed by atoms with Crippen LogP contribution in [0, 0.1) is 5.82 Å². The number of halogens is 1. The standard InChI is InChI=1S/C14H15FN2/c15-13-6-4-11(5-7-13)9-12(10-16)14-3-1-2-8-17-14/h1-8,12H,9-10,16H2. The summed E-state index contributed by atoms with van der Waals surface area (Å²) in [5.74, 6) is -0.0301. The minimum Gasteiger partial charge on any atom is -0.330 e. The number of nitrogens with zero attached hydrogens (tertiary/aromatic N) is 1. The van der Waals surface area contributed by atoms with E-state index in [-0.39, 0.29) is 11.7 Å². The molecule has 0 radical (unpaired) electrons. The minimum atomic E-state index is -0.212. The third kappa shape index (κ3) is 3.11. The Morgan fingerprint density at radius 2 is 1.88 bits per heavy atom. The van der Waals surface area contributed by atoms with E-state index in [1.807, 2.05) is 18.2 Å². The summed E-state index contributed by atoms with van der Waals surface area (Å²) in [6, 6.07) is 12.3. The lowest BCUT2D eigenvalue weighted by molar-refractivity contribution is 0.624. The number of nitrogens with two attached hydrogens (primary N) is 1. The summed E-state index contributed by atoms with van der Waals surface area (Å²) in [4.78, 5) is 4.31. The van der Waals surface area contributed by atoms with E-state index in [0.717, 1.165) is 17.7 Å². The predicted octanol–water partition coefficient (Wildman–Crippen LogP) is 2.51. The molecule has 88 valence electrons. The predicted molar refractivity (Wildman–Crippen MR) is 66.1 cm³/mol. The van der Waals surface area contributed by atoms with Gasteiger partial charge < -0.3 is 5.73 Å². The molecule has 0 aliphatic rings. The molecule has 2 aromatic rings. The lowest BCUT2D eigenvalue weighted by atomic mass is 9.96. The van der Waals surface area contributed by atoms with E-state index in [1.165, 1.54) is 12.1 Å². The highest BCUT2D eigenvalue weighted by Crippen LogP contribution is 2.18. The van der Waals surface area contributed by atoms with Gasteiger partial charge in [-0.15, -0.1) is 0 Å². The van der Waals surface area contributed by atoms with E-state index in [4.69, 9.17) is 5.73 Å². The molecule has 2 nitrogen and oxygen atoms in total. The second kappa shape index (κ2) is 5.55. The summed E-state index contributed by atoms with van der Waals surface area (Å²) in [5.41, 5.74) is 7.83. The zero-order valence-corrected chi connectivity index (χ0v) is 9.51. The fourth-order valence-corrected chi connectivity index (χ4v) is 1.83. The van der Waals surface area contributed by atoms with Gasteiger partial charge in [0.05, 0.1) is 0 Å². The summed E-state index contributed by atoms with van der Waals surface area (Å²) >= 11 is 0. The van der Waals surface area contributed by atoms with Crippen LogP contribution in [0.4, 0.5) is 4.39 Å². The fraction of sp³-hybridized carbons (Fsp3) is 0.214. The Labute approximate surface area is 100 Å². The zero-order chi connectivity index (χ0) is 12.1. The van der Waals surface area contributed by atoms with Crippen LogP contribution in [0.3, 0.4) is 0 Å². The summed E-state index contributed by atoms with van der Waals surface area (Å²) in [5, 5.41) is 0. The molecule has 2 rings (SSSR count). The maximum atomic E-state index is 12.8. The maximum Gasteiger partial charge on any atom is 0.123 e. The molecule has 1 heterocycles. The zero-order valence-electron chi connectivity index (χ0n) is 9.51. The smallest absolute Gasteiger partial charge is 0.123 e. The normalized spacial score (nSPS) is 12.4. The highest BCUT2D eigenvalue weighted by molar-refractivity contribution is 5.20. The second-order valence-corrected chi connectivity index (χ2v) is 4.02. The van der Waals surface area contributed by atoms with Crippen molar-refractivity contribution in [3.05, 3.63) is 65.7 Å². The van der Waals surface area contributed by atoms with Crippen molar-refractivity contribution in [3.63, 3.8) is 0 Å². The van der Waals surface area contributed by atoms with E-state index < -0.39 is 0 Å². The maximum absolute atomic E-state index is 12.8. The Hall–Kier alpha value is -1.74. The lowest BCUT2D eigenvalue weighted by Crippen LogP contribution is -2.16. The largest absolute Gasteiger partial charge is 0.330 e. The van der Waals surface area contributed by atoms with Crippen LogP contribution < -0.4 is 5.73 Å². The molecule has 0 aliphatic carbocycles. The van der Waals surface area contributed by atoms with Crippen LogP contribution in [-0.2, 0) is 6.42 Å². The molecule has 0 saturated carbocycles. The van der Waals surface area contributed by atoms with Crippen LogP contribution in [0.25, 0.3) is 0 Å². The van der Waals surface area contributed by atoms with Crippen molar-refractivity contribution in [2.45, 2.75) is 12.3 Å². The van der Waals surface area contributed by atoms with Crippen molar-refractivity contribution in [2.24, 2.45) is 5.73 Å². The SMILES string of the molecule is NCC(Cc1ccc(F)cc1)c1ccccn1. The average Bonchev–Trinajstić information content (AvgIpc) is 2.39. The second-order valence-electron chi connectivity index (χ2n) is 4.02. The molecule has 3 heteroatoms. The first-order valence-electron chi connectivity index (χ1n) is 5.65. The van der Waals surface area contributed by atoms with E-state index in [1.54, 1.807) is 18.3 Å². The molecular weight excluding hydrogens is 215 g/mol. The van der Waals surface area contributed by atoms with Crippen LogP contribution in [0.1, 0.15) is 17.2 Å². The molecule has 17 heavy (non-hydrogen) atoms. The molecule has 1 unspecified atom stereocenters. The van der Waals surface area contributed by atoms with Crippen LogP contribution in [0.2, 0.25) is 0 Å². The molecule has 1 aromatic carbocycles. The van der Waals surface area contributed by atoms with Crippen molar-refractivity contribution in [1.82, 2.24) is 4.98 Å². The molecule has 1 aromatic heterocycles. The van der Waals surface area contributed by atoms with Crippen LogP contribution >= 0.6 is 0 Å². The Morgan fingerprint density at radius 3 is 2.47 bits per heavy atom. The van der Waals surface area contributed by atoms with Gasteiger partial charge in [-0.05, 0) is 36.2 Å². The molecule has 0 bridgehead atoms. The van der Waals surface area contributed by atoms with E-state index >= 15 is 0 Å². The van der Waals surface area contributed by atoms with Gasteiger partial charge in [-0.2, -0.15) is 0 Å². The monoisotopic (exact) mass is 230 g/mol. The van der Waals surface area contributed by atoms with E-state index in [9.17, 15) is 4.39 Å². The van der Waals surface area contributed by atoms with Gasteiger partial charge in [-0.25, -0.2) is 4.39 Å². The van der Waals surface area contributed by atoms with Crippen molar-refractivity contribution in [2.75, 3.05) is 6.54 Å². The topological polar surface area (TPSA) is 38.9 Å². The molecule has 2 N–H and O–H groups in total. The molecule has 0 aliphatic heterocycles. The number of pyridine rings is 1. The Morgan fingerprint density at radius 1 is 1.12 bits per heavy atom. The third-order valence-electron chi connectivity index (χ3n) is 2.79. The van der Waals surface area contributed by atoms with Crippen molar-refractivity contribution in [3.8, 4) is 0 Å². The molecule has 0 fully saturated rings. The Bertz CT molecular complexity index is 453. The minimum absolute atomic E-state index is 0.182. The van der Waals surface area contributed by atoms with Gasteiger partial charge in [0, 0.05) is 24.4 Å². The molecule has 0 amide bonds. The van der Waals surface area contributed by atoms with Crippen LogP contribution in [0.5, 0.6) is 0 Å². The lowest BCUT2D eigenvalue weighted by Gasteiger charge is -2.14. The Kier molecular flexibility index (Phi) is 3.83.